The van der Waals surface area contributed by atoms with E-state index in [1.54, 1.807) is 24.3 Å². The number of benzene rings is 1. The Morgan fingerprint density at radius 2 is 2.20 bits per heavy atom. The van der Waals surface area contributed by atoms with Gasteiger partial charge in [0, 0.05) is 14.2 Å². The summed E-state index contributed by atoms with van der Waals surface area (Å²) in [7, 11) is 0. The van der Waals surface area contributed by atoms with Crippen molar-refractivity contribution in [3.8, 4) is 0 Å². The Morgan fingerprint density at radius 3 is 2.87 bits per heavy atom. The molecule has 15 heavy (non-hydrogen) atoms. The summed E-state index contributed by atoms with van der Waals surface area (Å²) in [6.45, 7) is 0. The van der Waals surface area contributed by atoms with E-state index in [0.717, 1.165) is 0 Å². The molecule has 0 saturated heterocycles. The van der Waals surface area contributed by atoms with Crippen LogP contribution in [0.3, 0.4) is 0 Å². The van der Waals surface area contributed by atoms with E-state index >= 15 is 0 Å². The number of carbonyl (C=O) groups excluding carboxylic acids is 1. The first-order chi connectivity index (χ1) is 7.85. The standard InChI is InChI=1S/C12H14ClNO/c13-10-6-2-1-5-9(10)12(14)8-4-3-7-11(12)15/h1-2,5-6H,3-4,7-8,14H2/i3D2. The van der Waals surface area contributed by atoms with Crippen LogP contribution < -0.4 is 5.73 Å². The van der Waals surface area contributed by atoms with Crippen molar-refractivity contribution in [2.75, 3.05) is 0 Å². The summed E-state index contributed by atoms with van der Waals surface area (Å²) in [6, 6.07) is 7.00. The second-order valence-electron chi connectivity index (χ2n) is 3.80. The maximum Gasteiger partial charge on any atom is 0.157 e. The highest BCUT2D eigenvalue weighted by Crippen LogP contribution is 2.35. The van der Waals surface area contributed by atoms with Crippen LogP contribution >= 0.6 is 11.6 Å². The number of nitrogens with two attached hydrogens (primary N) is 1. The average Bonchev–Trinajstić information content (AvgIpc) is 2.24. The van der Waals surface area contributed by atoms with Gasteiger partial charge in [0.25, 0.3) is 0 Å². The second-order valence-corrected chi connectivity index (χ2v) is 4.21. The fourth-order valence-corrected chi connectivity index (χ4v) is 2.20. The number of ketones is 1. The molecule has 0 aromatic heterocycles. The molecule has 0 amide bonds. The summed E-state index contributed by atoms with van der Waals surface area (Å²) in [6.07, 6.45) is -1.01. The topological polar surface area (TPSA) is 43.1 Å². The van der Waals surface area contributed by atoms with Crippen molar-refractivity contribution in [2.24, 2.45) is 5.73 Å². The second kappa shape index (κ2) is 3.95. The van der Waals surface area contributed by atoms with Gasteiger partial charge in [0.05, 0.1) is 0 Å². The minimum atomic E-state index is -1.44. The molecule has 1 aromatic rings. The van der Waals surface area contributed by atoms with Gasteiger partial charge in [0.15, 0.2) is 5.78 Å². The Hall–Kier alpha value is -0.860. The summed E-state index contributed by atoms with van der Waals surface area (Å²) in [5.74, 6) is -0.276. The molecule has 0 spiro atoms. The molecule has 1 aliphatic carbocycles. The number of carbonyl (C=O) groups is 1. The van der Waals surface area contributed by atoms with Gasteiger partial charge in [-0.05, 0) is 24.4 Å². The van der Waals surface area contributed by atoms with Crippen LogP contribution in [0.4, 0.5) is 0 Å². The van der Waals surface area contributed by atoms with E-state index in [0.29, 0.717) is 17.0 Å². The van der Waals surface area contributed by atoms with E-state index in [1.165, 1.54) is 0 Å². The van der Waals surface area contributed by atoms with Crippen molar-refractivity contribution in [1.29, 1.82) is 0 Å². The Labute approximate surface area is 97.2 Å². The molecule has 0 bridgehead atoms. The van der Waals surface area contributed by atoms with Crippen molar-refractivity contribution in [2.45, 2.75) is 31.2 Å². The van der Waals surface area contributed by atoms with Gasteiger partial charge >= 0.3 is 0 Å². The van der Waals surface area contributed by atoms with Crippen LogP contribution in [0.1, 0.15) is 33.9 Å². The van der Waals surface area contributed by atoms with Gasteiger partial charge < -0.3 is 5.73 Å². The predicted octanol–water partition coefficient (Wildman–Crippen LogP) is 2.64. The molecule has 1 aliphatic rings. The number of Topliss-reactive ketones (excluding diaryl/α,β-unsaturated/α-hetero) is 1. The highest BCUT2D eigenvalue weighted by Gasteiger charge is 2.38. The largest absolute Gasteiger partial charge is 0.315 e. The van der Waals surface area contributed by atoms with Gasteiger partial charge in [-0.2, -0.15) is 0 Å². The molecule has 3 heteroatoms. The first kappa shape index (κ1) is 8.31. The average molecular weight is 226 g/mol. The van der Waals surface area contributed by atoms with Gasteiger partial charge in [0.1, 0.15) is 5.54 Å². The summed E-state index contributed by atoms with van der Waals surface area (Å²) in [4.78, 5) is 12.1. The van der Waals surface area contributed by atoms with Crippen molar-refractivity contribution < 1.29 is 7.54 Å². The van der Waals surface area contributed by atoms with Crippen LogP contribution in [0.15, 0.2) is 24.3 Å². The molecule has 1 saturated carbocycles. The lowest BCUT2D eigenvalue weighted by Gasteiger charge is -2.32. The Morgan fingerprint density at radius 1 is 1.47 bits per heavy atom. The van der Waals surface area contributed by atoms with Crippen LogP contribution in [0, 0.1) is 0 Å². The summed E-state index contributed by atoms with van der Waals surface area (Å²) >= 11 is 6.06. The van der Waals surface area contributed by atoms with E-state index in [2.05, 4.69) is 0 Å². The maximum atomic E-state index is 12.1. The lowest BCUT2D eigenvalue weighted by molar-refractivity contribution is -0.126. The molecular weight excluding hydrogens is 210 g/mol. The van der Waals surface area contributed by atoms with E-state index in [-0.39, 0.29) is 18.6 Å². The van der Waals surface area contributed by atoms with Crippen LogP contribution in [-0.4, -0.2) is 5.78 Å². The zero-order chi connectivity index (χ0) is 12.7. The van der Waals surface area contributed by atoms with Crippen LogP contribution in [0.5, 0.6) is 0 Å². The fraction of sp³-hybridized carbons (Fsp3) is 0.417. The predicted molar refractivity (Wildman–Crippen MR) is 60.8 cm³/mol. The van der Waals surface area contributed by atoms with Gasteiger partial charge in [-0.3, -0.25) is 4.79 Å². The van der Waals surface area contributed by atoms with Crippen LogP contribution in [-0.2, 0) is 10.3 Å². The van der Waals surface area contributed by atoms with Gasteiger partial charge in [-0.1, -0.05) is 36.2 Å². The first-order valence-corrected chi connectivity index (χ1v) is 5.30. The molecule has 1 aromatic carbocycles. The molecule has 0 heterocycles. The molecule has 2 rings (SSSR count). The third kappa shape index (κ3) is 1.80. The highest BCUT2D eigenvalue weighted by atomic mass is 35.5. The molecule has 80 valence electrons. The number of rotatable bonds is 1. The van der Waals surface area contributed by atoms with Crippen molar-refractivity contribution in [3.63, 3.8) is 0 Å². The molecule has 0 aliphatic heterocycles. The molecule has 0 radical (unpaired) electrons. The lowest BCUT2D eigenvalue weighted by atomic mass is 9.76. The Bertz CT molecular complexity index is 464. The van der Waals surface area contributed by atoms with E-state index in [9.17, 15) is 4.79 Å². The van der Waals surface area contributed by atoms with E-state index in [1.807, 2.05) is 0 Å². The first-order valence-electron chi connectivity index (χ1n) is 5.92. The molecule has 2 N–H and O–H groups in total. The molecule has 2 nitrogen and oxygen atoms in total. The van der Waals surface area contributed by atoms with Crippen LogP contribution in [0.25, 0.3) is 0 Å². The monoisotopic (exact) mass is 225 g/mol. The van der Waals surface area contributed by atoms with Gasteiger partial charge in [-0.25, -0.2) is 0 Å². The van der Waals surface area contributed by atoms with Crippen molar-refractivity contribution in [1.82, 2.24) is 0 Å². The molecule has 1 fully saturated rings. The van der Waals surface area contributed by atoms with Crippen molar-refractivity contribution in [3.05, 3.63) is 34.9 Å². The Kier molecular flexibility index (Phi) is 2.19. The number of hydrogen-bond acceptors (Lipinski definition) is 2. The third-order valence-corrected chi connectivity index (χ3v) is 3.16. The third-order valence-electron chi connectivity index (χ3n) is 2.83. The normalized spacial score (nSPS) is 32.0. The SMILES string of the molecule is [2H]C1([2H])CCC(N)(c2ccccc2Cl)C(=O)C1. The smallest absolute Gasteiger partial charge is 0.157 e. The minimum absolute atomic E-state index is 0.144. The lowest BCUT2D eigenvalue weighted by Crippen LogP contribution is -2.47. The molecule has 1 unspecified atom stereocenters. The summed E-state index contributed by atoms with van der Waals surface area (Å²) < 4.78 is 15.2. The van der Waals surface area contributed by atoms with Gasteiger partial charge in [-0.15, -0.1) is 0 Å². The zero-order valence-corrected chi connectivity index (χ0v) is 9.05. The molecule has 1 atom stereocenters. The highest BCUT2D eigenvalue weighted by molar-refractivity contribution is 6.31. The minimum Gasteiger partial charge on any atom is -0.315 e. The Balaban J connectivity index is 2.39. The number of halogens is 1. The number of hydrogen-bond donors (Lipinski definition) is 1. The zero-order valence-electron chi connectivity index (χ0n) is 10.3. The molecular formula is C12H14ClNO. The van der Waals surface area contributed by atoms with Crippen LogP contribution in [0.2, 0.25) is 5.02 Å². The van der Waals surface area contributed by atoms with Gasteiger partial charge in [0.2, 0.25) is 0 Å². The van der Waals surface area contributed by atoms with E-state index < -0.39 is 11.9 Å². The van der Waals surface area contributed by atoms with E-state index in [4.69, 9.17) is 20.1 Å². The van der Waals surface area contributed by atoms with Crippen molar-refractivity contribution >= 4 is 17.4 Å². The maximum absolute atomic E-state index is 12.1. The quantitative estimate of drug-likeness (QED) is 0.799. The summed E-state index contributed by atoms with van der Waals surface area (Å²) in [5, 5.41) is 0.464. The summed E-state index contributed by atoms with van der Waals surface area (Å²) in [5.41, 5.74) is 5.61. The fourth-order valence-electron chi connectivity index (χ4n) is 1.89.